The van der Waals surface area contributed by atoms with Gasteiger partial charge in [0.2, 0.25) is 0 Å². The lowest BCUT2D eigenvalue weighted by molar-refractivity contribution is -0.137. The molecule has 6 heteroatoms. The van der Waals surface area contributed by atoms with Crippen molar-refractivity contribution in [3.63, 3.8) is 0 Å². The van der Waals surface area contributed by atoms with Gasteiger partial charge in [-0.1, -0.05) is 41.4 Å². The molecule has 0 atom stereocenters. The molecule has 0 heterocycles. The molecular formula is C14H7Cl2F3O. The van der Waals surface area contributed by atoms with E-state index in [0.29, 0.717) is 0 Å². The zero-order valence-electron chi connectivity index (χ0n) is 9.84. The average molecular weight is 319 g/mol. The van der Waals surface area contributed by atoms with E-state index in [4.69, 9.17) is 23.2 Å². The monoisotopic (exact) mass is 318 g/mol. The van der Waals surface area contributed by atoms with Crippen molar-refractivity contribution in [3.8, 4) is 0 Å². The molecule has 0 aliphatic carbocycles. The Bertz CT molecular complexity index is 666. The number of ketones is 1. The standard InChI is InChI=1S/C14H7Cl2F3O/c15-11-6-5-8(7-12(11)16)13(20)9-3-1-2-4-10(9)14(17,18)19/h1-7H. The van der Waals surface area contributed by atoms with Crippen molar-refractivity contribution >= 4 is 29.0 Å². The van der Waals surface area contributed by atoms with Crippen LogP contribution in [-0.4, -0.2) is 5.78 Å². The van der Waals surface area contributed by atoms with Gasteiger partial charge in [0.25, 0.3) is 0 Å². The third-order valence-corrected chi connectivity index (χ3v) is 3.40. The van der Waals surface area contributed by atoms with Gasteiger partial charge in [-0.15, -0.1) is 0 Å². The van der Waals surface area contributed by atoms with Crippen LogP contribution in [0.2, 0.25) is 10.0 Å². The van der Waals surface area contributed by atoms with Gasteiger partial charge in [-0.05, 0) is 24.3 Å². The predicted octanol–water partition coefficient (Wildman–Crippen LogP) is 5.24. The maximum atomic E-state index is 12.9. The highest BCUT2D eigenvalue weighted by Crippen LogP contribution is 2.33. The number of carbonyl (C=O) groups excluding carboxylic acids is 1. The molecule has 0 unspecified atom stereocenters. The van der Waals surface area contributed by atoms with E-state index >= 15 is 0 Å². The minimum absolute atomic E-state index is 0.0519. The van der Waals surface area contributed by atoms with E-state index in [9.17, 15) is 18.0 Å². The van der Waals surface area contributed by atoms with Gasteiger partial charge >= 0.3 is 6.18 Å². The zero-order chi connectivity index (χ0) is 14.9. The van der Waals surface area contributed by atoms with E-state index in [1.165, 1.54) is 30.3 Å². The van der Waals surface area contributed by atoms with Crippen molar-refractivity contribution in [1.82, 2.24) is 0 Å². The van der Waals surface area contributed by atoms with Crippen LogP contribution in [0.1, 0.15) is 21.5 Å². The summed E-state index contributed by atoms with van der Waals surface area (Å²) in [6, 6.07) is 8.56. The van der Waals surface area contributed by atoms with E-state index in [2.05, 4.69) is 0 Å². The Labute approximate surface area is 122 Å². The lowest BCUT2D eigenvalue weighted by Crippen LogP contribution is -2.13. The number of carbonyl (C=O) groups is 1. The number of rotatable bonds is 2. The average Bonchev–Trinajstić information content (AvgIpc) is 2.40. The second kappa shape index (κ2) is 5.46. The van der Waals surface area contributed by atoms with Gasteiger partial charge in [-0.2, -0.15) is 13.2 Å². The van der Waals surface area contributed by atoms with Gasteiger partial charge < -0.3 is 0 Å². The van der Waals surface area contributed by atoms with Crippen LogP contribution in [0.25, 0.3) is 0 Å². The van der Waals surface area contributed by atoms with Crippen LogP contribution in [0.15, 0.2) is 42.5 Å². The number of hydrogen-bond acceptors (Lipinski definition) is 1. The van der Waals surface area contributed by atoms with Gasteiger partial charge in [0.15, 0.2) is 5.78 Å². The van der Waals surface area contributed by atoms with Crippen LogP contribution in [0.5, 0.6) is 0 Å². The normalized spacial score (nSPS) is 11.4. The van der Waals surface area contributed by atoms with Crippen LogP contribution in [0.3, 0.4) is 0 Å². The summed E-state index contributed by atoms with van der Waals surface area (Å²) in [6.45, 7) is 0. The second-order valence-corrected chi connectivity index (χ2v) is 4.82. The molecule has 0 aliphatic rings. The Morgan fingerprint density at radius 3 is 2.20 bits per heavy atom. The molecule has 0 amide bonds. The summed E-state index contributed by atoms with van der Waals surface area (Å²) < 4.78 is 38.6. The number of halogens is 5. The number of hydrogen-bond donors (Lipinski definition) is 0. The van der Waals surface area contributed by atoms with Crippen molar-refractivity contribution in [3.05, 3.63) is 69.2 Å². The fourth-order valence-electron chi connectivity index (χ4n) is 1.72. The summed E-state index contributed by atoms with van der Waals surface area (Å²) in [7, 11) is 0. The van der Waals surface area contributed by atoms with E-state index in [-0.39, 0.29) is 15.6 Å². The number of benzene rings is 2. The van der Waals surface area contributed by atoms with E-state index in [1.54, 1.807) is 0 Å². The fourth-order valence-corrected chi connectivity index (χ4v) is 2.02. The molecule has 0 N–H and O–H groups in total. The maximum Gasteiger partial charge on any atom is 0.417 e. The lowest BCUT2D eigenvalue weighted by Gasteiger charge is -2.12. The highest BCUT2D eigenvalue weighted by Gasteiger charge is 2.34. The van der Waals surface area contributed by atoms with E-state index in [1.807, 2.05) is 0 Å². The zero-order valence-corrected chi connectivity index (χ0v) is 11.4. The summed E-state index contributed by atoms with van der Waals surface area (Å²) >= 11 is 11.5. The highest BCUT2D eigenvalue weighted by atomic mass is 35.5. The van der Waals surface area contributed by atoms with Gasteiger partial charge in [-0.3, -0.25) is 4.79 Å². The van der Waals surface area contributed by atoms with Gasteiger partial charge in [-0.25, -0.2) is 0 Å². The van der Waals surface area contributed by atoms with Crippen molar-refractivity contribution in [2.75, 3.05) is 0 Å². The van der Waals surface area contributed by atoms with Crippen LogP contribution >= 0.6 is 23.2 Å². The Morgan fingerprint density at radius 1 is 0.950 bits per heavy atom. The van der Waals surface area contributed by atoms with Gasteiger partial charge in [0.05, 0.1) is 15.6 Å². The lowest BCUT2D eigenvalue weighted by atomic mass is 9.98. The summed E-state index contributed by atoms with van der Waals surface area (Å²) in [6.07, 6.45) is -4.59. The SMILES string of the molecule is O=C(c1ccc(Cl)c(Cl)c1)c1ccccc1C(F)(F)F. The van der Waals surface area contributed by atoms with E-state index < -0.39 is 23.1 Å². The third-order valence-electron chi connectivity index (χ3n) is 2.66. The quantitative estimate of drug-likeness (QED) is 0.692. The summed E-state index contributed by atoms with van der Waals surface area (Å²) in [5.74, 6) is -0.753. The molecule has 0 saturated heterocycles. The molecule has 0 radical (unpaired) electrons. The molecule has 0 aliphatic heterocycles. The molecule has 20 heavy (non-hydrogen) atoms. The first-order chi connectivity index (χ1) is 9.30. The van der Waals surface area contributed by atoms with Crippen LogP contribution in [0.4, 0.5) is 13.2 Å². The van der Waals surface area contributed by atoms with E-state index in [0.717, 1.165) is 12.1 Å². The summed E-state index contributed by atoms with van der Waals surface area (Å²) in [5.41, 5.74) is -1.34. The molecule has 0 saturated carbocycles. The van der Waals surface area contributed by atoms with Crippen molar-refractivity contribution in [2.24, 2.45) is 0 Å². The van der Waals surface area contributed by atoms with Crippen LogP contribution in [-0.2, 0) is 6.18 Å². The topological polar surface area (TPSA) is 17.1 Å². The fraction of sp³-hybridized carbons (Fsp3) is 0.0714. The number of alkyl halides is 3. The molecular weight excluding hydrogens is 312 g/mol. The van der Waals surface area contributed by atoms with Crippen molar-refractivity contribution in [1.29, 1.82) is 0 Å². The summed E-state index contributed by atoms with van der Waals surface area (Å²) in [5, 5.41) is 0.342. The Hall–Kier alpha value is -1.52. The Morgan fingerprint density at radius 2 is 1.60 bits per heavy atom. The molecule has 0 bridgehead atoms. The Balaban J connectivity index is 2.51. The minimum atomic E-state index is -4.59. The van der Waals surface area contributed by atoms with Gasteiger partial charge in [0.1, 0.15) is 0 Å². The first-order valence-electron chi connectivity index (χ1n) is 5.46. The molecule has 2 aromatic carbocycles. The van der Waals surface area contributed by atoms with Crippen LogP contribution in [0, 0.1) is 0 Å². The largest absolute Gasteiger partial charge is 0.417 e. The van der Waals surface area contributed by atoms with Crippen LogP contribution < -0.4 is 0 Å². The molecule has 2 rings (SSSR count). The second-order valence-electron chi connectivity index (χ2n) is 4.00. The molecule has 0 fully saturated rings. The van der Waals surface area contributed by atoms with Gasteiger partial charge in [0, 0.05) is 11.1 Å². The molecule has 104 valence electrons. The Kier molecular flexibility index (Phi) is 4.06. The first-order valence-corrected chi connectivity index (χ1v) is 6.22. The van der Waals surface area contributed by atoms with Crippen molar-refractivity contribution in [2.45, 2.75) is 6.18 Å². The molecule has 1 nitrogen and oxygen atoms in total. The smallest absolute Gasteiger partial charge is 0.289 e. The van der Waals surface area contributed by atoms with Crippen molar-refractivity contribution < 1.29 is 18.0 Å². The minimum Gasteiger partial charge on any atom is -0.289 e. The molecule has 0 aromatic heterocycles. The predicted molar refractivity (Wildman–Crippen MR) is 71.3 cm³/mol. The third kappa shape index (κ3) is 2.97. The summed E-state index contributed by atoms with van der Waals surface area (Å²) in [4.78, 5) is 12.2. The molecule has 0 spiro atoms. The first kappa shape index (κ1) is 14.9. The molecule has 2 aromatic rings. The maximum absolute atomic E-state index is 12.9. The highest BCUT2D eigenvalue weighted by molar-refractivity contribution is 6.42.